The topological polar surface area (TPSA) is 37.4 Å². The van der Waals surface area contributed by atoms with Crippen molar-refractivity contribution in [3.8, 4) is 11.1 Å². The minimum Gasteiger partial charge on any atom is -0.310 e. The second-order valence-corrected chi connectivity index (χ2v) is 15.4. The average molecular weight is 666 g/mol. The van der Waals surface area contributed by atoms with Crippen LogP contribution in [0.25, 0.3) is 28.0 Å². The number of aryl methyl sites for hydroxylation is 1. The van der Waals surface area contributed by atoms with Gasteiger partial charge < -0.3 is 4.90 Å². The molecule has 3 nitrogen and oxygen atoms in total. The maximum Gasteiger partial charge on any atom is 0.197 e. The summed E-state index contributed by atoms with van der Waals surface area (Å²) in [6, 6.07) is 40.7. The fourth-order valence-electron chi connectivity index (χ4n) is 8.40. The monoisotopic (exact) mass is 665 g/mol. The van der Waals surface area contributed by atoms with Crippen LogP contribution in [0.4, 0.5) is 17.1 Å². The first-order valence-electron chi connectivity index (χ1n) is 18.1. The van der Waals surface area contributed by atoms with E-state index in [1.807, 2.05) is 25.1 Å². The van der Waals surface area contributed by atoms with Crippen molar-refractivity contribution in [1.29, 1.82) is 0 Å². The molecule has 0 spiro atoms. The molecule has 8 rings (SSSR count). The van der Waals surface area contributed by atoms with Crippen LogP contribution in [0.5, 0.6) is 0 Å². The Morgan fingerprint density at radius 2 is 1.33 bits per heavy atom. The predicted octanol–water partition coefficient (Wildman–Crippen LogP) is 12.6. The minimum absolute atomic E-state index is 0.198. The van der Waals surface area contributed by atoms with Crippen LogP contribution in [-0.4, -0.2) is 11.6 Å². The number of hydrogen-bond donors (Lipinski definition) is 0. The zero-order chi connectivity index (χ0) is 35.8. The molecule has 6 aromatic rings. The molecule has 6 aromatic carbocycles. The van der Waals surface area contributed by atoms with Crippen molar-refractivity contribution in [2.24, 2.45) is 0 Å². The van der Waals surface area contributed by atoms with Gasteiger partial charge in [-0.1, -0.05) is 120 Å². The van der Waals surface area contributed by atoms with Gasteiger partial charge in [-0.3, -0.25) is 9.59 Å². The van der Waals surface area contributed by atoms with Gasteiger partial charge in [-0.15, -0.1) is 0 Å². The van der Waals surface area contributed by atoms with Crippen molar-refractivity contribution in [3.05, 3.63) is 165 Å². The van der Waals surface area contributed by atoms with E-state index in [-0.39, 0.29) is 22.6 Å². The van der Waals surface area contributed by atoms with Gasteiger partial charge >= 0.3 is 0 Å². The van der Waals surface area contributed by atoms with Crippen LogP contribution < -0.4 is 4.90 Å². The Morgan fingerprint density at radius 1 is 0.647 bits per heavy atom. The van der Waals surface area contributed by atoms with Crippen molar-refractivity contribution < 1.29 is 9.59 Å². The lowest BCUT2D eigenvalue weighted by atomic mass is 9.70. The van der Waals surface area contributed by atoms with E-state index in [1.165, 1.54) is 39.1 Å². The number of benzene rings is 6. The Balaban J connectivity index is 1.31. The lowest BCUT2D eigenvalue weighted by molar-refractivity contribution is 0.0990. The van der Waals surface area contributed by atoms with Gasteiger partial charge in [0.05, 0.1) is 16.9 Å². The summed E-state index contributed by atoms with van der Waals surface area (Å²) in [5, 5.41) is 2.23. The van der Waals surface area contributed by atoms with Gasteiger partial charge in [-0.25, -0.2) is 0 Å². The molecule has 0 radical (unpaired) electrons. The van der Waals surface area contributed by atoms with Crippen LogP contribution in [0.15, 0.2) is 121 Å². The van der Waals surface area contributed by atoms with Crippen molar-refractivity contribution in [3.63, 3.8) is 0 Å². The van der Waals surface area contributed by atoms with E-state index in [4.69, 9.17) is 0 Å². The number of Topliss-reactive ketones (excluding diaryl/α,β-unsaturated/α-hetero) is 2. The fraction of sp³-hybridized carbons (Fsp3) is 0.208. The summed E-state index contributed by atoms with van der Waals surface area (Å²) in [5.41, 5.74) is 14.0. The van der Waals surface area contributed by atoms with E-state index in [0.29, 0.717) is 23.0 Å². The second-order valence-electron chi connectivity index (χ2n) is 15.4. The molecule has 0 saturated heterocycles. The van der Waals surface area contributed by atoms with Crippen LogP contribution in [0.2, 0.25) is 0 Å². The first kappa shape index (κ1) is 32.7. The average Bonchev–Trinajstić information content (AvgIpc) is 3.35. The highest BCUT2D eigenvalue weighted by Gasteiger charge is 2.39. The maximum absolute atomic E-state index is 13.3. The minimum atomic E-state index is -0.340. The van der Waals surface area contributed by atoms with Crippen molar-refractivity contribution in [1.82, 2.24) is 0 Å². The van der Waals surface area contributed by atoms with Crippen LogP contribution in [-0.2, 0) is 5.41 Å². The first-order chi connectivity index (χ1) is 24.5. The van der Waals surface area contributed by atoms with Crippen LogP contribution >= 0.6 is 0 Å². The summed E-state index contributed by atoms with van der Waals surface area (Å²) in [4.78, 5) is 29.1. The first-order valence-corrected chi connectivity index (χ1v) is 18.1. The van der Waals surface area contributed by atoms with E-state index in [0.717, 1.165) is 33.3 Å². The molecule has 0 atom stereocenters. The second kappa shape index (κ2) is 12.1. The standard InChI is InChI=1S/C48H43NO2/c1-28(2)35-14-11-15-36(29(3)4)44(35)33-19-22-42-41(27-33)48(6,7)45-37-21-17-31(26-40-46(50)38-20-16-30(5)24-39(38)47(40)51)25-32(37)18-23-43(45)49(42)34-12-9-8-10-13-34/h8-29H,1-7H3/b40-26-. The van der Waals surface area contributed by atoms with Gasteiger partial charge in [0.2, 0.25) is 0 Å². The molecule has 252 valence electrons. The molecular weight excluding hydrogens is 623 g/mol. The molecular formula is C48H43NO2. The number of allylic oxidation sites excluding steroid dienone is 1. The third-order valence-electron chi connectivity index (χ3n) is 10.9. The number of nitrogens with zero attached hydrogens (tertiary/aromatic N) is 1. The number of fused-ring (bicyclic) bond motifs is 5. The molecule has 0 fully saturated rings. The maximum atomic E-state index is 13.3. The van der Waals surface area contributed by atoms with Gasteiger partial charge in [0.15, 0.2) is 11.6 Å². The van der Waals surface area contributed by atoms with Crippen LogP contribution in [0.1, 0.15) is 107 Å². The van der Waals surface area contributed by atoms with Gasteiger partial charge in [-0.2, -0.15) is 0 Å². The lowest BCUT2D eigenvalue weighted by Gasteiger charge is -2.43. The number of rotatable bonds is 5. The highest BCUT2D eigenvalue weighted by atomic mass is 16.2. The zero-order valence-corrected chi connectivity index (χ0v) is 30.5. The Labute approximate surface area is 301 Å². The number of hydrogen-bond acceptors (Lipinski definition) is 3. The fourth-order valence-corrected chi connectivity index (χ4v) is 8.40. The Hall–Kier alpha value is -5.54. The SMILES string of the molecule is Cc1ccc2c(c1)C(=O)/C(=C\c1ccc3c4c(ccc3c1)N(c1ccccc1)c1ccc(-c3c(C(C)C)cccc3C(C)C)cc1C4(C)C)C2=O. The summed E-state index contributed by atoms with van der Waals surface area (Å²) in [6.45, 7) is 15.8. The van der Waals surface area contributed by atoms with E-state index < -0.39 is 0 Å². The summed E-state index contributed by atoms with van der Waals surface area (Å²) >= 11 is 0. The lowest BCUT2D eigenvalue weighted by Crippen LogP contribution is -2.31. The molecule has 0 bridgehead atoms. The number of carbonyl (C=O) groups is 2. The van der Waals surface area contributed by atoms with Crippen molar-refractivity contribution in [2.45, 2.75) is 65.7 Å². The molecule has 0 saturated carbocycles. The van der Waals surface area contributed by atoms with Gasteiger partial charge in [0, 0.05) is 22.2 Å². The quantitative estimate of drug-likeness (QED) is 0.136. The highest BCUT2D eigenvalue weighted by molar-refractivity contribution is 6.41. The molecule has 2 aliphatic rings. The van der Waals surface area contributed by atoms with Crippen LogP contribution in [0, 0.1) is 6.92 Å². The molecule has 1 aliphatic carbocycles. The van der Waals surface area contributed by atoms with Gasteiger partial charge in [0.1, 0.15) is 0 Å². The normalized spacial score (nSPS) is 15.5. The third-order valence-corrected chi connectivity index (χ3v) is 10.9. The molecule has 0 aromatic heterocycles. The Bertz CT molecular complexity index is 2420. The van der Waals surface area contributed by atoms with E-state index in [2.05, 4.69) is 137 Å². The van der Waals surface area contributed by atoms with E-state index in [9.17, 15) is 9.59 Å². The van der Waals surface area contributed by atoms with E-state index in [1.54, 1.807) is 12.1 Å². The summed E-state index contributed by atoms with van der Waals surface area (Å²) in [7, 11) is 0. The Kier molecular flexibility index (Phi) is 7.72. The van der Waals surface area contributed by atoms with Crippen molar-refractivity contribution in [2.75, 3.05) is 4.90 Å². The van der Waals surface area contributed by atoms with Crippen molar-refractivity contribution >= 4 is 45.5 Å². The molecule has 1 aliphatic heterocycles. The number of ketones is 2. The predicted molar refractivity (Wildman–Crippen MR) is 212 cm³/mol. The summed E-state index contributed by atoms with van der Waals surface area (Å²) in [6.07, 6.45) is 1.76. The number of anilines is 3. The largest absolute Gasteiger partial charge is 0.310 e. The summed E-state index contributed by atoms with van der Waals surface area (Å²) < 4.78 is 0. The van der Waals surface area contributed by atoms with Crippen LogP contribution in [0.3, 0.4) is 0 Å². The number of para-hydroxylation sites is 1. The molecule has 0 amide bonds. The zero-order valence-electron chi connectivity index (χ0n) is 30.5. The van der Waals surface area contributed by atoms with Gasteiger partial charge in [-0.05, 0) is 117 Å². The molecule has 0 N–H and O–H groups in total. The Morgan fingerprint density at radius 3 is 2.04 bits per heavy atom. The highest BCUT2D eigenvalue weighted by Crippen LogP contribution is 2.55. The third kappa shape index (κ3) is 5.17. The number of carbonyl (C=O) groups excluding carboxylic acids is 2. The summed E-state index contributed by atoms with van der Waals surface area (Å²) in [5.74, 6) is 0.388. The van der Waals surface area contributed by atoms with Gasteiger partial charge in [0.25, 0.3) is 0 Å². The molecule has 0 unspecified atom stereocenters. The smallest absolute Gasteiger partial charge is 0.197 e. The molecule has 1 heterocycles. The molecule has 3 heteroatoms. The van der Waals surface area contributed by atoms with E-state index >= 15 is 0 Å². The molecule has 51 heavy (non-hydrogen) atoms.